The van der Waals surface area contributed by atoms with Crippen LogP contribution in [-0.2, 0) is 14.6 Å². The van der Waals surface area contributed by atoms with E-state index in [2.05, 4.69) is 4.90 Å². The van der Waals surface area contributed by atoms with Gasteiger partial charge in [0.05, 0.1) is 23.9 Å². The minimum Gasteiger partial charge on any atom is -0.378 e. The van der Waals surface area contributed by atoms with Crippen LogP contribution in [0.2, 0.25) is 5.02 Å². The highest BCUT2D eigenvalue weighted by Gasteiger charge is 2.27. The fourth-order valence-corrected chi connectivity index (χ4v) is 4.54. The molecule has 0 unspecified atom stereocenters. The Kier molecular flexibility index (Phi) is 6.39. The van der Waals surface area contributed by atoms with Crippen molar-refractivity contribution in [3.63, 3.8) is 0 Å². The molecule has 2 fully saturated rings. The summed E-state index contributed by atoms with van der Waals surface area (Å²) in [5.41, 5.74) is 0. The van der Waals surface area contributed by atoms with E-state index < -0.39 is 9.84 Å². The van der Waals surface area contributed by atoms with Gasteiger partial charge in [-0.25, -0.2) is 13.2 Å². The van der Waals surface area contributed by atoms with E-state index in [0.29, 0.717) is 68.9 Å². The molecule has 0 aromatic heterocycles. The van der Waals surface area contributed by atoms with Crippen LogP contribution in [0.5, 0.6) is 0 Å². The van der Waals surface area contributed by atoms with E-state index in [4.69, 9.17) is 16.3 Å². The summed E-state index contributed by atoms with van der Waals surface area (Å²) >= 11 is 5.81. The molecule has 7 nitrogen and oxygen atoms in total. The molecule has 0 bridgehead atoms. The second-order valence-corrected chi connectivity index (χ2v) is 9.03. The molecular weight excluding hydrogens is 378 g/mol. The topological polar surface area (TPSA) is 70.2 Å². The quantitative estimate of drug-likeness (QED) is 0.757. The number of hydrogen-bond donors (Lipinski definition) is 0. The summed E-state index contributed by atoms with van der Waals surface area (Å²) in [5, 5.41) is 0.519. The van der Waals surface area contributed by atoms with Crippen molar-refractivity contribution in [1.82, 2.24) is 14.7 Å². The Hall–Kier alpha value is -1.35. The van der Waals surface area contributed by atoms with E-state index >= 15 is 0 Å². The Balaban J connectivity index is 1.46. The van der Waals surface area contributed by atoms with Crippen LogP contribution < -0.4 is 0 Å². The Bertz CT molecular complexity index is 712. The van der Waals surface area contributed by atoms with Crippen LogP contribution in [0.4, 0.5) is 4.79 Å². The number of carbonyl (C=O) groups is 1. The van der Waals surface area contributed by atoms with E-state index in [1.807, 2.05) is 9.80 Å². The molecule has 1 aromatic rings. The van der Waals surface area contributed by atoms with E-state index in [0.717, 1.165) is 0 Å². The van der Waals surface area contributed by atoms with Gasteiger partial charge < -0.3 is 14.5 Å². The molecule has 2 aliphatic heterocycles. The number of amides is 2. The van der Waals surface area contributed by atoms with E-state index in [1.165, 1.54) is 12.1 Å². The molecule has 144 valence electrons. The molecule has 2 aliphatic rings. The lowest BCUT2D eigenvalue weighted by Crippen LogP contribution is -2.55. The SMILES string of the molecule is O=C(N1CCOCC1)N1CCN(CCS(=O)(=O)c2ccc(Cl)cc2)CC1. The van der Waals surface area contributed by atoms with Crippen LogP contribution in [0, 0.1) is 0 Å². The first-order valence-electron chi connectivity index (χ1n) is 8.78. The third kappa shape index (κ3) is 4.88. The normalized spacial score (nSPS) is 19.6. The van der Waals surface area contributed by atoms with Crippen molar-refractivity contribution in [3.05, 3.63) is 29.3 Å². The van der Waals surface area contributed by atoms with Crippen LogP contribution in [0.15, 0.2) is 29.2 Å². The minimum absolute atomic E-state index is 0.0572. The molecule has 0 N–H and O–H groups in total. The second-order valence-electron chi connectivity index (χ2n) is 6.48. The number of ether oxygens (including phenoxy) is 1. The number of hydrogen-bond acceptors (Lipinski definition) is 5. The van der Waals surface area contributed by atoms with Crippen molar-refractivity contribution < 1.29 is 17.9 Å². The molecular formula is C17H24ClN3O4S. The van der Waals surface area contributed by atoms with Crippen molar-refractivity contribution in [3.8, 4) is 0 Å². The molecule has 9 heteroatoms. The number of morpholine rings is 1. The number of carbonyl (C=O) groups excluding carboxylic acids is 1. The van der Waals surface area contributed by atoms with Gasteiger partial charge in [0.2, 0.25) is 0 Å². The maximum Gasteiger partial charge on any atom is 0.320 e. The van der Waals surface area contributed by atoms with Crippen molar-refractivity contribution in [2.75, 3.05) is 64.8 Å². The summed E-state index contributed by atoms with van der Waals surface area (Å²) in [6, 6.07) is 6.31. The Morgan fingerprint density at radius 3 is 2.15 bits per heavy atom. The van der Waals surface area contributed by atoms with Crippen molar-refractivity contribution in [2.24, 2.45) is 0 Å². The molecule has 26 heavy (non-hydrogen) atoms. The molecule has 0 radical (unpaired) electrons. The minimum atomic E-state index is -3.33. The zero-order chi connectivity index (χ0) is 18.6. The largest absolute Gasteiger partial charge is 0.378 e. The molecule has 3 rings (SSSR count). The average Bonchev–Trinajstić information content (AvgIpc) is 2.67. The zero-order valence-electron chi connectivity index (χ0n) is 14.6. The third-order valence-corrected chi connectivity index (χ3v) is 6.74. The Morgan fingerprint density at radius 2 is 1.54 bits per heavy atom. The number of nitrogens with zero attached hydrogens (tertiary/aromatic N) is 3. The van der Waals surface area contributed by atoms with Gasteiger partial charge in [-0.3, -0.25) is 4.90 Å². The summed E-state index contributed by atoms with van der Waals surface area (Å²) in [5.74, 6) is 0.0616. The highest BCUT2D eigenvalue weighted by atomic mass is 35.5. The van der Waals surface area contributed by atoms with Crippen LogP contribution in [0.25, 0.3) is 0 Å². The number of urea groups is 1. The van der Waals surface area contributed by atoms with E-state index in [9.17, 15) is 13.2 Å². The smallest absolute Gasteiger partial charge is 0.320 e. The molecule has 2 amide bonds. The fourth-order valence-electron chi connectivity index (χ4n) is 3.13. The molecule has 0 saturated carbocycles. The molecule has 0 spiro atoms. The van der Waals surface area contributed by atoms with Crippen LogP contribution in [-0.4, -0.2) is 93.9 Å². The van der Waals surface area contributed by atoms with Gasteiger partial charge in [-0.15, -0.1) is 0 Å². The molecule has 1 aromatic carbocycles. The molecule has 0 aliphatic carbocycles. The average molecular weight is 402 g/mol. The predicted octanol–water partition coefficient (Wildman–Crippen LogP) is 1.18. The summed E-state index contributed by atoms with van der Waals surface area (Å²) in [4.78, 5) is 18.5. The van der Waals surface area contributed by atoms with Gasteiger partial charge in [-0.1, -0.05) is 11.6 Å². The van der Waals surface area contributed by atoms with Gasteiger partial charge in [0.15, 0.2) is 9.84 Å². The van der Waals surface area contributed by atoms with Gasteiger partial charge in [-0.2, -0.15) is 0 Å². The van der Waals surface area contributed by atoms with Crippen LogP contribution in [0.1, 0.15) is 0 Å². The summed E-state index contributed by atoms with van der Waals surface area (Å²) < 4.78 is 30.1. The maximum absolute atomic E-state index is 12.5. The Morgan fingerprint density at radius 1 is 0.962 bits per heavy atom. The first-order chi connectivity index (χ1) is 12.5. The van der Waals surface area contributed by atoms with Gasteiger partial charge in [0.1, 0.15) is 0 Å². The van der Waals surface area contributed by atoms with Gasteiger partial charge >= 0.3 is 6.03 Å². The number of halogens is 1. The lowest BCUT2D eigenvalue weighted by atomic mass is 10.3. The lowest BCUT2D eigenvalue weighted by molar-refractivity contribution is 0.0380. The summed E-state index contributed by atoms with van der Waals surface area (Å²) in [6.45, 7) is 5.54. The van der Waals surface area contributed by atoms with Crippen molar-refractivity contribution in [1.29, 1.82) is 0 Å². The van der Waals surface area contributed by atoms with Crippen LogP contribution >= 0.6 is 11.6 Å². The maximum atomic E-state index is 12.5. The predicted molar refractivity (Wildman–Crippen MR) is 99.3 cm³/mol. The molecule has 0 atom stereocenters. The number of benzene rings is 1. The van der Waals surface area contributed by atoms with Gasteiger partial charge in [-0.05, 0) is 24.3 Å². The highest BCUT2D eigenvalue weighted by Crippen LogP contribution is 2.16. The van der Waals surface area contributed by atoms with Crippen LogP contribution in [0.3, 0.4) is 0 Å². The first-order valence-corrected chi connectivity index (χ1v) is 10.8. The number of rotatable bonds is 4. The lowest BCUT2D eigenvalue weighted by Gasteiger charge is -2.38. The van der Waals surface area contributed by atoms with E-state index in [1.54, 1.807) is 12.1 Å². The van der Waals surface area contributed by atoms with Gasteiger partial charge in [0.25, 0.3) is 0 Å². The van der Waals surface area contributed by atoms with Crippen molar-refractivity contribution in [2.45, 2.75) is 4.90 Å². The highest BCUT2D eigenvalue weighted by molar-refractivity contribution is 7.91. The zero-order valence-corrected chi connectivity index (χ0v) is 16.2. The van der Waals surface area contributed by atoms with Gasteiger partial charge in [0, 0.05) is 50.8 Å². The fraction of sp³-hybridized carbons (Fsp3) is 0.588. The monoisotopic (exact) mass is 401 g/mol. The Labute approximate surface area is 159 Å². The second kappa shape index (κ2) is 8.56. The summed E-state index contributed by atoms with van der Waals surface area (Å²) in [6.07, 6.45) is 0. The number of sulfone groups is 1. The van der Waals surface area contributed by atoms with Crippen molar-refractivity contribution >= 4 is 27.5 Å². The third-order valence-electron chi connectivity index (χ3n) is 4.77. The number of piperazine rings is 1. The first kappa shape index (κ1) is 19.4. The standard InChI is InChI=1S/C17H24ClN3O4S/c18-15-1-3-16(4-2-15)26(23,24)14-11-19-5-7-20(8-6-19)17(22)21-9-12-25-13-10-21/h1-4H,5-14H2. The molecule has 2 saturated heterocycles. The summed E-state index contributed by atoms with van der Waals surface area (Å²) in [7, 11) is -3.33. The molecule has 2 heterocycles. The van der Waals surface area contributed by atoms with E-state index in [-0.39, 0.29) is 11.8 Å².